The van der Waals surface area contributed by atoms with Gasteiger partial charge in [-0.15, -0.1) is 0 Å². The van der Waals surface area contributed by atoms with Crippen LogP contribution in [0.4, 0.5) is 0 Å². The van der Waals surface area contributed by atoms with Crippen LogP contribution in [0.15, 0.2) is 42.5 Å². The number of rotatable bonds is 2. The lowest BCUT2D eigenvalue weighted by Crippen LogP contribution is -1.97. The van der Waals surface area contributed by atoms with E-state index in [4.69, 9.17) is 0 Å². The molecule has 14 heavy (non-hydrogen) atoms. The fraction of sp³-hybridized carbons (Fsp3) is 0.0909. The summed E-state index contributed by atoms with van der Waals surface area (Å²) in [6, 6.07) is 13.4. The molecule has 2 rings (SSSR count). The van der Waals surface area contributed by atoms with E-state index in [2.05, 4.69) is 0 Å². The number of hydrogen-bond donors (Lipinski definition) is 0. The summed E-state index contributed by atoms with van der Waals surface area (Å²) in [4.78, 5) is 9.99. The lowest BCUT2D eigenvalue weighted by atomic mass is 10.1. The fourth-order valence-electron chi connectivity index (χ4n) is 1.49. The zero-order valence-electron chi connectivity index (χ0n) is 7.51. The van der Waals surface area contributed by atoms with Crippen LogP contribution < -0.4 is 0 Å². The summed E-state index contributed by atoms with van der Waals surface area (Å²) in [5.41, 5.74) is 0.744. The van der Waals surface area contributed by atoms with E-state index in [0.717, 1.165) is 16.3 Å². The summed E-state index contributed by atoms with van der Waals surface area (Å²) in [6.07, 6.45) is 0. The minimum atomic E-state index is -0.315. The Hall–Kier alpha value is -1.90. The Morgan fingerprint density at radius 2 is 1.79 bits per heavy atom. The molecule has 70 valence electrons. The number of benzene rings is 2. The number of fused-ring (bicyclic) bond motifs is 1. The molecule has 3 nitrogen and oxygen atoms in total. The Labute approximate surface area is 81.1 Å². The van der Waals surface area contributed by atoms with Crippen LogP contribution in [0.25, 0.3) is 10.8 Å². The molecule has 0 heterocycles. The maximum Gasteiger partial charge on any atom is 0.228 e. The van der Waals surface area contributed by atoms with E-state index in [1.807, 2.05) is 36.4 Å². The van der Waals surface area contributed by atoms with Gasteiger partial charge in [0.05, 0.1) is 0 Å². The Bertz CT molecular complexity index is 479. The van der Waals surface area contributed by atoms with E-state index in [0.29, 0.717) is 0 Å². The second-order valence-electron chi connectivity index (χ2n) is 3.17. The summed E-state index contributed by atoms with van der Waals surface area (Å²) in [5.74, 6) is 0. The topological polar surface area (TPSA) is 43.1 Å². The summed E-state index contributed by atoms with van der Waals surface area (Å²) >= 11 is 0. The second-order valence-corrected chi connectivity index (χ2v) is 3.17. The van der Waals surface area contributed by atoms with E-state index in [1.54, 1.807) is 6.07 Å². The molecule has 0 atom stereocenters. The zero-order valence-corrected chi connectivity index (χ0v) is 7.51. The molecular formula is C11H9NO2. The smallest absolute Gasteiger partial charge is 0.228 e. The molecule has 0 aliphatic carbocycles. The van der Waals surface area contributed by atoms with Gasteiger partial charge in [0.1, 0.15) is 0 Å². The van der Waals surface area contributed by atoms with Crippen molar-refractivity contribution in [1.29, 1.82) is 0 Å². The highest BCUT2D eigenvalue weighted by Crippen LogP contribution is 2.15. The molecule has 0 radical (unpaired) electrons. The minimum Gasteiger partial charge on any atom is -0.264 e. The van der Waals surface area contributed by atoms with Crippen LogP contribution in [-0.4, -0.2) is 4.92 Å². The Morgan fingerprint density at radius 3 is 2.50 bits per heavy atom. The molecule has 2 aromatic rings. The van der Waals surface area contributed by atoms with Gasteiger partial charge in [-0.2, -0.15) is 0 Å². The molecule has 0 spiro atoms. The van der Waals surface area contributed by atoms with Gasteiger partial charge in [0.2, 0.25) is 6.54 Å². The molecule has 0 unspecified atom stereocenters. The van der Waals surface area contributed by atoms with Crippen LogP contribution >= 0.6 is 0 Å². The van der Waals surface area contributed by atoms with Gasteiger partial charge >= 0.3 is 0 Å². The van der Waals surface area contributed by atoms with Crippen LogP contribution in [0.1, 0.15) is 5.56 Å². The Morgan fingerprint density at radius 1 is 1.07 bits per heavy atom. The third kappa shape index (κ3) is 1.71. The Balaban J connectivity index is 2.46. The normalized spacial score (nSPS) is 10.3. The van der Waals surface area contributed by atoms with Gasteiger partial charge in [0.15, 0.2) is 0 Å². The van der Waals surface area contributed by atoms with Gasteiger partial charge in [-0.25, -0.2) is 0 Å². The zero-order chi connectivity index (χ0) is 9.97. The van der Waals surface area contributed by atoms with Gasteiger partial charge in [-0.05, 0) is 16.8 Å². The predicted octanol–water partition coefficient (Wildman–Crippen LogP) is 2.62. The highest BCUT2D eigenvalue weighted by Gasteiger charge is 2.01. The van der Waals surface area contributed by atoms with Crippen LogP contribution in [0, 0.1) is 10.1 Å². The van der Waals surface area contributed by atoms with Crippen molar-refractivity contribution in [3.05, 3.63) is 58.1 Å². The van der Waals surface area contributed by atoms with Crippen LogP contribution in [0.5, 0.6) is 0 Å². The van der Waals surface area contributed by atoms with Crippen molar-refractivity contribution in [2.75, 3.05) is 0 Å². The first-order valence-corrected chi connectivity index (χ1v) is 4.35. The third-order valence-electron chi connectivity index (χ3n) is 2.13. The van der Waals surface area contributed by atoms with Crippen molar-refractivity contribution in [2.45, 2.75) is 6.54 Å². The highest BCUT2D eigenvalue weighted by molar-refractivity contribution is 5.82. The molecular weight excluding hydrogens is 178 g/mol. The van der Waals surface area contributed by atoms with E-state index in [1.165, 1.54) is 0 Å². The maximum absolute atomic E-state index is 10.3. The Kier molecular flexibility index (Phi) is 2.14. The molecule has 0 aliphatic heterocycles. The van der Waals surface area contributed by atoms with Gasteiger partial charge in [-0.1, -0.05) is 36.4 Å². The van der Waals surface area contributed by atoms with Gasteiger partial charge in [0.25, 0.3) is 0 Å². The number of hydrogen-bond acceptors (Lipinski definition) is 2. The van der Waals surface area contributed by atoms with E-state index < -0.39 is 0 Å². The molecule has 0 fully saturated rings. The molecule has 0 N–H and O–H groups in total. The second kappa shape index (κ2) is 3.46. The molecule has 0 bridgehead atoms. The summed E-state index contributed by atoms with van der Waals surface area (Å²) in [5, 5.41) is 12.5. The van der Waals surface area contributed by atoms with Crippen molar-refractivity contribution in [3.8, 4) is 0 Å². The van der Waals surface area contributed by atoms with Crippen molar-refractivity contribution in [2.24, 2.45) is 0 Å². The molecule has 3 heteroatoms. The first-order valence-electron chi connectivity index (χ1n) is 4.35. The monoisotopic (exact) mass is 187 g/mol. The first kappa shape index (κ1) is 8.69. The fourth-order valence-corrected chi connectivity index (χ4v) is 1.49. The molecule has 0 saturated heterocycles. The molecule has 0 saturated carbocycles. The average molecular weight is 187 g/mol. The largest absolute Gasteiger partial charge is 0.264 e. The summed E-state index contributed by atoms with van der Waals surface area (Å²) < 4.78 is 0. The molecule has 2 aromatic carbocycles. The van der Waals surface area contributed by atoms with E-state index in [9.17, 15) is 10.1 Å². The van der Waals surface area contributed by atoms with Crippen LogP contribution in [0.2, 0.25) is 0 Å². The molecule has 0 aliphatic rings. The van der Waals surface area contributed by atoms with E-state index >= 15 is 0 Å². The van der Waals surface area contributed by atoms with Crippen molar-refractivity contribution < 1.29 is 4.92 Å². The van der Waals surface area contributed by atoms with Gasteiger partial charge in [0, 0.05) is 10.5 Å². The van der Waals surface area contributed by atoms with Crippen LogP contribution in [0.3, 0.4) is 0 Å². The number of nitrogens with zero attached hydrogens (tertiary/aromatic N) is 1. The van der Waals surface area contributed by atoms with Gasteiger partial charge in [-0.3, -0.25) is 10.1 Å². The highest BCUT2D eigenvalue weighted by atomic mass is 16.6. The van der Waals surface area contributed by atoms with Crippen molar-refractivity contribution in [3.63, 3.8) is 0 Å². The lowest BCUT2D eigenvalue weighted by Gasteiger charge is -1.99. The number of nitro groups is 1. The van der Waals surface area contributed by atoms with Crippen LogP contribution in [-0.2, 0) is 6.54 Å². The predicted molar refractivity (Wildman–Crippen MR) is 54.6 cm³/mol. The minimum absolute atomic E-state index is 0.106. The third-order valence-corrected chi connectivity index (χ3v) is 2.13. The van der Waals surface area contributed by atoms with Crippen molar-refractivity contribution >= 4 is 10.8 Å². The maximum atomic E-state index is 10.3. The van der Waals surface area contributed by atoms with E-state index in [-0.39, 0.29) is 11.5 Å². The first-order chi connectivity index (χ1) is 6.75. The lowest BCUT2D eigenvalue weighted by molar-refractivity contribution is -0.496. The average Bonchev–Trinajstić information content (AvgIpc) is 2.17. The summed E-state index contributed by atoms with van der Waals surface area (Å²) in [6.45, 7) is -0.106. The molecule has 0 amide bonds. The quantitative estimate of drug-likeness (QED) is 0.535. The molecule has 0 aromatic heterocycles. The van der Waals surface area contributed by atoms with Crippen molar-refractivity contribution in [1.82, 2.24) is 0 Å². The standard InChI is InChI=1S/C11H9NO2/c13-12(14)8-9-5-6-10-3-1-2-4-11(10)7-9/h1-7H,8H2. The summed E-state index contributed by atoms with van der Waals surface area (Å²) in [7, 11) is 0. The SMILES string of the molecule is O=[N+]([O-])Cc1ccc2ccccc2c1. The van der Waals surface area contributed by atoms with Gasteiger partial charge < -0.3 is 0 Å².